The van der Waals surface area contributed by atoms with Gasteiger partial charge in [0, 0.05) is 10.0 Å². The molecule has 3 aromatic rings. The first kappa shape index (κ1) is 23.7. The molecule has 3 rings (SSSR count). The van der Waals surface area contributed by atoms with Crippen LogP contribution < -0.4 is 19.6 Å². The molecule has 11 nitrogen and oxygen atoms in total. The van der Waals surface area contributed by atoms with E-state index in [2.05, 4.69) is 31.6 Å². The molecule has 0 saturated carbocycles. The smallest absolute Gasteiger partial charge is 0.320 e. The number of halogens is 1. The molecule has 1 heterocycles. The maximum atomic E-state index is 12.5. The van der Waals surface area contributed by atoms with Crippen LogP contribution >= 0.6 is 15.9 Å². The Morgan fingerprint density at radius 1 is 1.18 bits per heavy atom. The lowest BCUT2D eigenvalue weighted by Crippen LogP contribution is -2.19. The lowest BCUT2D eigenvalue weighted by atomic mass is 10.2. The number of aromatic nitrogens is 2. The third kappa shape index (κ3) is 5.66. The van der Waals surface area contributed by atoms with Crippen molar-refractivity contribution in [3.8, 4) is 17.2 Å². The Kier molecular flexibility index (Phi) is 7.61. The van der Waals surface area contributed by atoms with E-state index in [9.17, 15) is 14.9 Å². The first-order valence-corrected chi connectivity index (χ1v) is 10.2. The molecule has 1 amide bonds. The Hall–Kier alpha value is -3.93. The number of carbonyl (C=O) groups is 1. The number of nitrogens with zero attached hydrogens (tertiary/aromatic N) is 4. The normalized spacial score (nSPS) is 10.8. The highest BCUT2D eigenvalue weighted by Gasteiger charge is 2.25. The Morgan fingerprint density at radius 3 is 2.36 bits per heavy atom. The van der Waals surface area contributed by atoms with E-state index in [4.69, 9.17) is 14.2 Å². The lowest BCUT2D eigenvalue weighted by Gasteiger charge is -2.12. The van der Waals surface area contributed by atoms with Gasteiger partial charge in [-0.1, -0.05) is 28.1 Å². The lowest BCUT2D eigenvalue weighted by molar-refractivity contribution is -0.385. The quantitative estimate of drug-likeness (QED) is 0.261. The van der Waals surface area contributed by atoms with Crippen LogP contribution in [0.1, 0.15) is 21.6 Å². The molecular formula is C21H20BrN5O6. The molecule has 0 atom stereocenters. The van der Waals surface area contributed by atoms with Crippen LogP contribution in [0.25, 0.3) is 0 Å². The first-order chi connectivity index (χ1) is 15.9. The monoisotopic (exact) mass is 517 g/mol. The van der Waals surface area contributed by atoms with E-state index in [1.807, 2.05) is 24.3 Å². The molecular weight excluding hydrogens is 498 g/mol. The van der Waals surface area contributed by atoms with E-state index in [0.29, 0.717) is 22.8 Å². The van der Waals surface area contributed by atoms with Crippen molar-refractivity contribution in [1.29, 1.82) is 0 Å². The molecule has 0 spiro atoms. The second-order valence-electron chi connectivity index (χ2n) is 6.60. The molecule has 0 aliphatic rings. The van der Waals surface area contributed by atoms with Gasteiger partial charge >= 0.3 is 5.69 Å². The Morgan fingerprint density at radius 2 is 1.82 bits per heavy atom. The number of hydrazone groups is 1. The van der Waals surface area contributed by atoms with Crippen molar-refractivity contribution in [2.24, 2.45) is 5.10 Å². The molecule has 172 valence electrons. The Balaban J connectivity index is 1.78. The number of nitrogens with one attached hydrogen (secondary N) is 1. The first-order valence-electron chi connectivity index (χ1n) is 9.46. The summed E-state index contributed by atoms with van der Waals surface area (Å²) in [6.07, 6.45) is 2.55. The molecule has 1 N–H and O–H groups in total. The van der Waals surface area contributed by atoms with Crippen molar-refractivity contribution in [1.82, 2.24) is 15.2 Å². The van der Waals surface area contributed by atoms with E-state index < -0.39 is 16.5 Å². The average Bonchev–Trinajstić information content (AvgIpc) is 3.24. The SMILES string of the molecule is COc1cc(/C=N/NC(=O)c2nn(Cc3ccc(Br)cc3)cc2[N+](=O)[O-])cc(OC)c1OC. The fourth-order valence-corrected chi connectivity index (χ4v) is 3.22. The minimum atomic E-state index is -0.819. The van der Waals surface area contributed by atoms with Gasteiger partial charge in [0.05, 0.1) is 39.0 Å². The van der Waals surface area contributed by atoms with Gasteiger partial charge in [0.15, 0.2) is 11.5 Å². The molecule has 0 radical (unpaired) electrons. The van der Waals surface area contributed by atoms with Crippen LogP contribution in [0.4, 0.5) is 5.69 Å². The van der Waals surface area contributed by atoms with Crippen molar-refractivity contribution in [2.75, 3.05) is 21.3 Å². The van der Waals surface area contributed by atoms with Crippen LogP contribution in [0.15, 0.2) is 52.2 Å². The van der Waals surface area contributed by atoms with E-state index in [1.165, 1.54) is 38.4 Å². The highest BCUT2D eigenvalue weighted by Crippen LogP contribution is 2.37. The molecule has 0 aliphatic carbocycles. The van der Waals surface area contributed by atoms with Gasteiger partial charge in [0.2, 0.25) is 11.4 Å². The zero-order valence-corrected chi connectivity index (χ0v) is 19.5. The van der Waals surface area contributed by atoms with Crippen LogP contribution in [0.2, 0.25) is 0 Å². The summed E-state index contributed by atoms with van der Waals surface area (Å²) in [6.45, 7) is 0.260. The number of hydrogen-bond donors (Lipinski definition) is 1. The van der Waals surface area contributed by atoms with Crippen molar-refractivity contribution >= 4 is 33.7 Å². The molecule has 0 bridgehead atoms. The second kappa shape index (κ2) is 10.6. The standard InChI is InChI=1S/C21H20BrN5O6/c1-31-17-8-14(9-18(32-2)20(17)33-3)10-23-24-21(28)19-16(27(29)30)12-26(25-19)11-13-4-6-15(22)7-5-13/h4-10,12H,11H2,1-3H3,(H,24,28)/b23-10+. The summed E-state index contributed by atoms with van der Waals surface area (Å²) in [4.78, 5) is 23.3. The minimum absolute atomic E-state index is 0.260. The van der Waals surface area contributed by atoms with Gasteiger partial charge in [-0.05, 0) is 29.8 Å². The topological polar surface area (TPSA) is 130 Å². The van der Waals surface area contributed by atoms with Crippen LogP contribution in [-0.2, 0) is 6.54 Å². The Bertz CT molecular complexity index is 1170. The molecule has 12 heteroatoms. The number of hydrogen-bond acceptors (Lipinski definition) is 8. The van der Waals surface area contributed by atoms with Crippen molar-refractivity contribution in [2.45, 2.75) is 6.54 Å². The van der Waals surface area contributed by atoms with Crippen LogP contribution in [0, 0.1) is 10.1 Å². The van der Waals surface area contributed by atoms with E-state index in [-0.39, 0.29) is 12.2 Å². The third-order valence-corrected chi connectivity index (χ3v) is 5.01. The predicted molar refractivity (Wildman–Crippen MR) is 123 cm³/mol. The Labute approximate surface area is 197 Å². The molecule has 0 aliphatic heterocycles. The molecule has 0 saturated heterocycles. The van der Waals surface area contributed by atoms with Gasteiger partial charge in [0.1, 0.15) is 6.20 Å². The summed E-state index contributed by atoms with van der Waals surface area (Å²) < 4.78 is 18.0. The highest BCUT2D eigenvalue weighted by molar-refractivity contribution is 9.10. The molecule has 1 aromatic heterocycles. The van der Waals surface area contributed by atoms with Gasteiger partial charge in [0.25, 0.3) is 5.91 Å². The summed E-state index contributed by atoms with van der Waals surface area (Å²) in [7, 11) is 4.44. The third-order valence-electron chi connectivity index (χ3n) is 4.48. The van der Waals surface area contributed by atoms with Gasteiger partial charge in [-0.2, -0.15) is 10.2 Å². The number of methoxy groups -OCH3 is 3. The molecule has 0 fully saturated rings. The van der Waals surface area contributed by atoms with E-state index in [1.54, 1.807) is 12.1 Å². The van der Waals surface area contributed by atoms with E-state index in [0.717, 1.165) is 10.0 Å². The van der Waals surface area contributed by atoms with Gasteiger partial charge in [-0.3, -0.25) is 19.6 Å². The number of nitro groups is 1. The van der Waals surface area contributed by atoms with Gasteiger partial charge in [-0.25, -0.2) is 5.43 Å². The summed E-state index contributed by atoms with van der Waals surface area (Å²) in [5, 5.41) is 19.4. The zero-order valence-electron chi connectivity index (χ0n) is 17.9. The minimum Gasteiger partial charge on any atom is -0.493 e. The number of amides is 1. The maximum Gasteiger partial charge on any atom is 0.320 e. The number of rotatable bonds is 9. The number of carbonyl (C=O) groups excluding carboxylic acids is 1. The van der Waals surface area contributed by atoms with Crippen LogP contribution in [-0.4, -0.2) is 48.2 Å². The van der Waals surface area contributed by atoms with Crippen LogP contribution in [0.5, 0.6) is 17.2 Å². The fourth-order valence-electron chi connectivity index (χ4n) is 2.96. The average molecular weight is 518 g/mol. The summed E-state index contributed by atoms with van der Waals surface area (Å²) in [6, 6.07) is 10.6. The summed E-state index contributed by atoms with van der Waals surface area (Å²) >= 11 is 3.35. The predicted octanol–water partition coefficient (Wildman–Crippen LogP) is 3.39. The second-order valence-corrected chi connectivity index (χ2v) is 7.52. The number of benzene rings is 2. The van der Waals surface area contributed by atoms with Crippen molar-refractivity contribution in [3.05, 3.63) is 74.0 Å². The summed E-state index contributed by atoms with van der Waals surface area (Å²) in [5.41, 5.74) is 2.90. The molecule has 33 heavy (non-hydrogen) atoms. The molecule has 0 unspecified atom stereocenters. The zero-order chi connectivity index (χ0) is 24.0. The molecule has 2 aromatic carbocycles. The van der Waals surface area contributed by atoms with Crippen molar-refractivity contribution < 1.29 is 23.9 Å². The summed E-state index contributed by atoms with van der Waals surface area (Å²) in [5.74, 6) is 0.409. The van der Waals surface area contributed by atoms with Crippen LogP contribution in [0.3, 0.4) is 0 Å². The van der Waals surface area contributed by atoms with Gasteiger partial charge < -0.3 is 14.2 Å². The highest BCUT2D eigenvalue weighted by atomic mass is 79.9. The van der Waals surface area contributed by atoms with Gasteiger partial charge in [-0.15, -0.1) is 0 Å². The number of ether oxygens (including phenoxy) is 3. The maximum absolute atomic E-state index is 12.5. The van der Waals surface area contributed by atoms with Crippen molar-refractivity contribution in [3.63, 3.8) is 0 Å². The largest absolute Gasteiger partial charge is 0.493 e. The van der Waals surface area contributed by atoms with E-state index >= 15 is 0 Å². The fraction of sp³-hybridized carbons (Fsp3) is 0.190.